The lowest BCUT2D eigenvalue weighted by Crippen LogP contribution is -2.36. The minimum absolute atomic E-state index is 0.106. The zero-order chi connectivity index (χ0) is 22.0. The summed E-state index contributed by atoms with van der Waals surface area (Å²) in [6, 6.07) is 15.5. The largest absolute Gasteiger partial charge is 0.325 e. The Hall–Kier alpha value is -3.39. The molecule has 0 radical (unpaired) electrons. The normalized spacial score (nSPS) is 15.2. The van der Waals surface area contributed by atoms with Crippen molar-refractivity contribution in [2.75, 3.05) is 10.6 Å². The molecule has 0 saturated carbocycles. The fraction of sp³-hybridized carbons (Fsp3) is 0.217. The van der Waals surface area contributed by atoms with Crippen LogP contribution in [0.25, 0.3) is 0 Å². The van der Waals surface area contributed by atoms with Gasteiger partial charge in [0, 0.05) is 17.9 Å². The summed E-state index contributed by atoms with van der Waals surface area (Å²) in [5, 5.41) is 5.89. The lowest BCUT2D eigenvalue weighted by molar-refractivity contribution is -0.123. The Kier molecular flexibility index (Phi) is 5.90. The fourth-order valence-electron chi connectivity index (χ4n) is 3.54. The van der Waals surface area contributed by atoms with Crippen molar-refractivity contribution in [2.24, 2.45) is 0 Å². The van der Waals surface area contributed by atoms with Crippen molar-refractivity contribution >= 4 is 35.1 Å². The quantitative estimate of drug-likeness (QED) is 0.419. The van der Waals surface area contributed by atoms with Crippen LogP contribution in [0.15, 0.2) is 58.5 Å². The third kappa shape index (κ3) is 4.69. The van der Waals surface area contributed by atoms with Crippen LogP contribution < -0.4 is 16.2 Å². The second-order valence-corrected chi connectivity index (χ2v) is 8.48. The summed E-state index contributed by atoms with van der Waals surface area (Å²) < 4.78 is 0. The summed E-state index contributed by atoms with van der Waals surface area (Å²) in [6.45, 7) is 3.87. The molecule has 3 aromatic rings. The van der Waals surface area contributed by atoms with E-state index in [9.17, 15) is 14.4 Å². The maximum absolute atomic E-state index is 13.0. The molecule has 0 aliphatic carbocycles. The van der Waals surface area contributed by atoms with Gasteiger partial charge < -0.3 is 15.6 Å². The Bertz CT molecular complexity index is 1210. The Morgan fingerprint density at radius 3 is 2.68 bits per heavy atom. The molecule has 8 heteroatoms. The summed E-state index contributed by atoms with van der Waals surface area (Å²) in [7, 11) is 0. The van der Waals surface area contributed by atoms with Crippen LogP contribution in [0.5, 0.6) is 0 Å². The summed E-state index contributed by atoms with van der Waals surface area (Å²) in [6.07, 6.45) is -0.106. The molecule has 1 atom stereocenters. The van der Waals surface area contributed by atoms with E-state index in [1.54, 1.807) is 0 Å². The first-order valence-corrected chi connectivity index (χ1v) is 10.9. The van der Waals surface area contributed by atoms with E-state index in [-0.39, 0.29) is 23.7 Å². The Labute approximate surface area is 183 Å². The molecule has 158 valence electrons. The van der Waals surface area contributed by atoms with Gasteiger partial charge in [-0.2, -0.15) is 0 Å². The number of rotatable bonds is 5. The third-order valence-corrected chi connectivity index (χ3v) is 6.05. The number of H-pyrrole nitrogens is 1. The molecular formula is C23H22N4O3S. The molecule has 0 fully saturated rings. The molecule has 2 aromatic carbocycles. The Morgan fingerprint density at radius 2 is 1.94 bits per heavy atom. The van der Waals surface area contributed by atoms with Crippen molar-refractivity contribution in [3.8, 4) is 0 Å². The number of carbonyl (C=O) groups is 2. The summed E-state index contributed by atoms with van der Waals surface area (Å²) in [5.74, 6) is -0.886. The van der Waals surface area contributed by atoms with Crippen molar-refractivity contribution in [1.82, 2.24) is 9.97 Å². The predicted octanol–water partition coefficient (Wildman–Crippen LogP) is 3.74. The van der Waals surface area contributed by atoms with E-state index in [0.29, 0.717) is 16.6 Å². The lowest BCUT2D eigenvalue weighted by Gasteiger charge is -2.24. The fourth-order valence-corrected chi connectivity index (χ4v) is 4.36. The van der Waals surface area contributed by atoms with Crippen LogP contribution in [0.4, 0.5) is 11.5 Å². The zero-order valence-corrected chi connectivity index (χ0v) is 18.0. The SMILES string of the molecule is Cc1ccc(NC(=O)C2CC(=O)Nc3nc(SCc4ccccc4)[nH]c(=O)c32)c(C)c1. The topological polar surface area (TPSA) is 104 Å². The minimum atomic E-state index is -0.908. The van der Waals surface area contributed by atoms with E-state index in [1.807, 2.05) is 62.4 Å². The summed E-state index contributed by atoms with van der Waals surface area (Å²) in [5.41, 5.74) is 3.50. The predicted molar refractivity (Wildman–Crippen MR) is 121 cm³/mol. The highest BCUT2D eigenvalue weighted by atomic mass is 32.2. The highest BCUT2D eigenvalue weighted by molar-refractivity contribution is 7.98. The van der Waals surface area contributed by atoms with Crippen LogP contribution in [-0.4, -0.2) is 21.8 Å². The van der Waals surface area contributed by atoms with Gasteiger partial charge in [-0.15, -0.1) is 0 Å². The second kappa shape index (κ2) is 8.77. The lowest BCUT2D eigenvalue weighted by atomic mass is 9.92. The van der Waals surface area contributed by atoms with Crippen molar-refractivity contribution in [3.05, 3.63) is 81.1 Å². The van der Waals surface area contributed by atoms with Crippen LogP contribution in [0.2, 0.25) is 0 Å². The Morgan fingerprint density at radius 1 is 1.16 bits per heavy atom. The molecule has 2 amide bonds. The number of carbonyl (C=O) groups excluding carboxylic acids is 2. The molecule has 7 nitrogen and oxygen atoms in total. The zero-order valence-electron chi connectivity index (χ0n) is 17.2. The molecule has 1 aromatic heterocycles. The van der Waals surface area contributed by atoms with Crippen LogP contribution >= 0.6 is 11.8 Å². The molecule has 0 bridgehead atoms. The highest BCUT2D eigenvalue weighted by Gasteiger charge is 2.35. The van der Waals surface area contributed by atoms with Crippen molar-refractivity contribution in [3.63, 3.8) is 0 Å². The molecule has 3 N–H and O–H groups in total. The van der Waals surface area contributed by atoms with Gasteiger partial charge in [-0.1, -0.05) is 59.8 Å². The number of aromatic amines is 1. The highest BCUT2D eigenvalue weighted by Crippen LogP contribution is 2.31. The van der Waals surface area contributed by atoms with E-state index in [2.05, 4.69) is 20.6 Å². The number of aryl methyl sites for hydroxylation is 2. The number of anilines is 2. The summed E-state index contributed by atoms with van der Waals surface area (Å²) >= 11 is 1.36. The Balaban J connectivity index is 1.59. The first-order valence-electron chi connectivity index (χ1n) is 9.89. The number of nitrogens with one attached hydrogen (secondary N) is 3. The van der Waals surface area contributed by atoms with Gasteiger partial charge in [0.2, 0.25) is 11.8 Å². The van der Waals surface area contributed by atoms with Gasteiger partial charge in [-0.3, -0.25) is 14.4 Å². The van der Waals surface area contributed by atoms with Crippen molar-refractivity contribution in [1.29, 1.82) is 0 Å². The molecule has 1 aliphatic heterocycles. The van der Waals surface area contributed by atoms with Crippen LogP contribution in [0.3, 0.4) is 0 Å². The number of nitrogens with zero attached hydrogens (tertiary/aromatic N) is 1. The van der Waals surface area contributed by atoms with Crippen LogP contribution in [0.1, 0.15) is 34.6 Å². The van der Waals surface area contributed by atoms with Crippen molar-refractivity contribution < 1.29 is 9.59 Å². The number of aromatic nitrogens is 2. The molecule has 1 unspecified atom stereocenters. The van der Waals surface area contributed by atoms with Crippen molar-refractivity contribution in [2.45, 2.75) is 37.1 Å². The van der Waals surface area contributed by atoms with Gasteiger partial charge in [0.1, 0.15) is 5.82 Å². The van der Waals surface area contributed by atoms with Gasteiger partial charge in [0.15, 0.2) is 5.16 Å². The maximum Gasteiger partial charge on any atom is 0.257 e. The van der Waals surface area contributed by atoms with Gasteiger partial charge in [-0.05, 0) is 31.0 Å². The molecular weight excluding hydrogens is 412 g/mol. The molecule has 1 aliphatic rings. The van der Waals surface area contributed by atoms with Gasteiger partial charge in [0.05, 0.1) is 11.5 Å². The average molecular weight is 435 g/mol. The maximum atomic E-state index is 13.0. The third-order valence-electron chi connectivity index (χ3n) is 5.10. The molecule has 0 spiro atoms. The number of hydrogen-bond donors (Lipinski definition) is 3. The van der Waals surface area contributed by atoms with Crippen LogP contribution in [0, 0.1) is 13.8 Å². The second-order valence-electron chi connectivity index (χ2n) is 7.52. The summed E-state index contributed by atoms with van der Waals surface area (Å²) in [4.78, 5) is 45.2. The van der Waals surface area contributed by atoms with Gasteiger partial charge in [0.25, 0.3) is 5.56 Å². The molecule has 4 rings (SSSR count). The van der Waals surface area contributed by atoms with Crippen LogP contribution in [-0.2, 0) is 15.3 Å². The first-order chi connectivity index (χ1) is 14.9. The monoisotopic (exact) mass is 434 g/mol. The number of thioether (sulfide) groups is 1. The number of fused-ring (bicyclic) bond motifs is 1. The number of amides is 2. The molecule has 0 saturated heterocycles. The minimum Gasteiger partial charge on any atom is -0.325 e. The van der Waals surface area contributed by atoms with E-state index >= 15 is 0 Å². The molecule has 2 heterocycles. The van der Waals surface area contributed by atoms with E-state index in [0.717, 1.165) is 16.7 Å². The number of hydrogen-bond acceptors (Lipinski definition) is 5. The standard InChI is InChI=1S/C23H22N4O3S/c1-13-8-9-17(14(2)10-13)24-21(29)16-11-18(28)25-20-19(16)22(30)27-23(26-20)31-12-15-6-4-3-5-7-15/h3-10,16H,11-12H2,1-2H3,(H,24,29)(H2,25,26,27,28,30). The number of benzene rings is 2. The van der Waals surface area contributed by atoms with E-state index in [4.69, 9.17) is 0 Å². The smallest absolute Gasteiger partial charge is 0.257 e. The van der Waals surface area contributed by atoms with E-state index < -0.39 is 17.4 Å². The molecule has 31 heavy (non-hydrogen) atoms. The first kappa shape index (κ1) is 20.9. The van der Waals surface area contributed by atoms with Gasteiger partial charge >= 0.3 is 0 Å². The average Bonchev–Trinajstić information content (AvgIpc) is 2.74. The van der Waals surface area contributed by atoms with E-state index in [1.165, 1.54) is 11.8 Å². The van der Waals surface area contributed by atoms with Gasteiger partial charge in [-0.25, -0.2) is 4.98 Å².